The first-order chi connectivity index (χ1) is 6.95. The zero-order chi connectivity index (χ0) is 9.64. The van der Waals surface area contributed by atoms with Crippen LogP contribution in [0.25, 0.3) is 0 Å². The molecule has 0 aromatic carbocycles. The van der Waals surface area contributed by atoms with E-state index in [9.17, 15) is 0 Å². The molecule has 0 amide bonds. The fraction of sp³-hybridized carbons (Fsp3) is 0.222. The quantitative estimate of drug-likeness (QED) is 0.782. The molecule has 5 heteroatoms. The van der Waals surface area contributed by atoms with E-state index < -0.39 is 0 Å². The Balaban J connectivity index is 1.79. The summed E-state index contributed by atoms with van der Waals surface area (Å²) in [5, 5.41) is 6.93. The van der Waals surface area contributed by atoms with Crippen molar-refractivity contribution in [3.05, 3.63) is 36.7 Å². The number of aromatic nitrogens is 3. The topological polar surface area (TPSA) is 63.8 Å². The van der Waals surface area contributed by atoms with Crippen LogP contribution in [0.2, 0.25) is 0 Å². The maximum Gasteiger partial charge on any atom is 0.213 e. The maximum absolute atomic E-state index is 4.62. The summed E-state index contributed by atoms with van der Waals surface area (Å²) in [6, 6.07) is 3.83. The number of rotatable bonds is 4. The smallest absolute Gasteiger partial charge is 0.213 e. The van der Waals surface area contributed by atoms with Gasteiger partial charge >= 0.3 is 0 Å². The summed E-state index contributed by atoms with van der Waals surface area (Å²) in [7, 11) is 0. The Labute approximate surface area is 81.2 Å². The minimum atomic E-state index is 0.714. The average Bonchev–Trinajstić information content (AvgIpc) is 2.72. The molecule has 0 saturated carbocycles. The van der Waals surface area contributed by atoms with E-state index in [1.54, 1.807) is 12.4 Å². The highest BCUT2D eigenvalue weighted by atomic mass is 16.5. The molecule has 0 unspecified atom stereocenters. The van der Waals surface area contributed by atoms with Crippen molar-refractivity contribution >= 4 is 5.69 Å². The molecule has 0 saturated heterocycles. The Morgan fingerprint density at radius 1 is 1.29 bits per heavy atom. The summed E-state index contributed by atoms with van der Waals surface area (Å²) in [5.41, 5.74) is 1.04. The standard InChI is InChI=1S/C9H10N4O/c1-4-10-5-2-8(1)11-6-3-9-12-7-14-13-9/h1-2,4-5,7H,3,6H2,(H,10,11). The number of anilines is 1. The molecule has 14 heavy (non-hydrogen) atoms. The average molecular weight is 190 g/mol. The van der Waals surface area contributed by atoms with E-state index in [4.69, 9.17) is 0 Å². The molecule has 0 bridgehead atoms. The van der Waals surface area contributed by atoms with Crippen molar-refractivity contribution in [2.75, 3.05) is 11.9 Å². The van der Waals surface area contributed by atoms with Crippen LogP contribution in [0.4, 0.5) is 5.69 Å². The van der Waals surface area contributed by atoms with Gasteiger partial charge in [-0.15, -0.1) is 0 Å². The fourth-order valence-electron chi connectivity index (χ4n) is 1.09. The Morgan fingerprint density at radius 2 is 2.14 bits per heavy atom. The molecule has 0 atom stereocenters. The highest BCUT2D eigenvalue weighted by Gasteiger charge is 1.97. The first-order valence-electron chi connectivity index (χ1n) is 4.34. The van der Waals surface area contributed by atoms with Crippen LogP contribution in [0, 0.1) is 0 Å². The van der Waals surface area contributed by atoms with E-state index in [2.05, 4.69) is 25.0 Å². The van der Waals surface area contributed by atoms with Crippen molar-refractivity contribution in [3.63, 3.8) is 0 Å². The molecule has 72 valence electrons. The van der Waals surface area contributed by atoms with Gasteiger partial charge in [0.2, 0.25) is 6.39 Å². The molecular formula is C9H10N4O. The second-order valence-electron chi connectivity index (χ2n) is 2.76. The van der Waals surface area contributed by atoms with Crippen molar-refractivity contribution in [3.8, 4) is 0 Å². The summed E-state index contributed by atoms with van der Waals surface area (Å²) in [6.45, 7) is 0.781. The number of nitrogens with zero attached hydrogens (tertiary/aromatic N) is 3. The minimum Gasteiger partial charge on any atom is -0.385 e. The van der Waals surface area contributed by atoms with Crippen molar-refractivity contribution in [2.24, 2.45) is 0 Å². The van der Waals surface area contributed by atoms with Crippen molar-refractivity contribution in [1.82, 2.24) is 15.1 Å². The van der Waals surface area contributed by atoms with Gasteiger partial charge in [0.1, 0.15) is 0 Å². The summed E-state index contributed by atoms with van der Waals surface area (Å²) >= 11 is 0. The second kappa shape index (κ2) is 4.36. The molecular weight excluding hydrogens is 180 g/mol. The Bertz CT molecular complexity index is 360. The van der Waals surface area contributed by atoms with Crippen LogP contribution in [0.15, 0.2) is 35.4 Å². The molecule has 5 nitrogen and oxygen atoms in total. The highest BCUT2D eigenvalue weighted by Crippen LogP contribution is 2.02. The molecule has 2 rings (SSSR count). The van der Waals surface area contributed by atoms with Gasteiger partial charge in [-0.1, -0.05) is 5.16 Å². The maximum atomic E-state index is 4.62. The predicted octanol–water partition coefficient (Wildman–Crippen LogP) is 1.12. The zero-order valence-electron chi connectivity index (χ0n) is 7.55. The molecule has 1 N–H and O–H groups in total. The Kier molecular flexibility index (Phi) is 2.70. The third kappa shape index (κ3) is 2.29. The van der Waals surface area contributed by atoms with E-state index in [0.717, 1.165) is 18.7 Å². The molecule has 0 spiro atoms. The number of pyridine rings is 1. The van der Waals surface area contributed by atoms with Crippen LogP contribution in [-0.4, -0.2) is 21.7 Å². The van der Waals surface area contributed by atoms with E-state index >= 15 is 0 Å². The summed E-state index contributed by atoms with van der Waals surface area (Å²) in [5.74, 6) is 0.714. The monoisotopic (exact) mass is 190 g/mol. The lowest BCUT2D eigenvalue weighted by Crippen LogP contribution is -2.05. The normalized spacial score (nSPS) is 10.0. The third-order valence-corrected chi connectivity index (χ3v) is 1.76. The molecule has 0 radical (unpaired) electrons. The van der Waals surface area contributed by atoms with Gasteiger partial charge in [-0.25, -0.2) is 0 Å². The van der Waals surface area contributed by atoms with Crippen LogP contribution < -0.4 is 5.32 Å². The van der Waals surface area contributed by atoms with Gasteiger partial charge < -0.3 is 9.84 Å². The number of hydrogen-bond donors (Lipinski definition) is 1. The van der Waals surface area contributed by atoms with Crippen LogP contribution >= 0.6 is 0 Å². The van der Waals surface area contributed by atoms with Gasteiger partial charge in [0.05, 0.1) is 0 Å². The third-order valence-electron chi connectivity index (χ3n) is 1.76. The van der Waals surface area contributed by atoms with Gasteiger partial charge in [-0.2, -0.15) is 4.98 Å². The lowest BCUT2D eigenvalue weighted by Gasteiger charge is -2.02. The molecule has 2 heterocycles. The predicted molar refractivity (Wildman–Crippen MR) is 50.7 cm³/mol. The van der Waals surface area contributed by atoms with E-state index in [1.165, 1.54) is 6.39 Å². The van der Waals surface area contributed by atoms with E-state index in [-0.39, 0.29) is 0 Å². The SMILES string of the molecule is c1cc(NCCc2ncon2)ccn1. The van der Waals surface area contributed by atoms with Gasteiger partial charge in [0.15, 0.2) is 5.82 Å². The van der Waals surface area contributed by atoms with Gasteiger partial charge in [0.25, 0.3) is 0 Å². The molecule has 0 fully saturated rings. The van der Waals surface area contributed by atoms with Crippen molar-refractivity contribution in [2.45, 2.75) is 6.42 Å². The van der Waals surface area contributed by atoms with Gasteiger partial charge in [0, 0.05) is 31.0 Å². The minimum absolute atomic E-state index is 0.714. The first kappa shape index (κ1) is 8.68. The number of hydrogen-bond acceptors (Lipinski definition) is 5. The summed E-state index contributed by atoms with van der Waals surface area (Å²) < 4.78 is 4.62. The van der Waals surface area contributed by atoms with Crippen LogP contribution in [-0.2, 0) is 6.42 Å². The van der Waals surface area contributed by atoms with Crippen molar-refractivity contribution in [1.29, 1.82) is 0 Å². The molecule has 2 aromatic heterocycles. The van der Waals surface area contributed by atoms with Gasteiger partial charge in [-0.05, 0) is 12.1 Å². The van der Waals surface area contributed by atoms with Crippen molar-refractivity contribution < 1.29 is 4.52 Å². The van der Waals surface area contributed by atoms with Crippen LogP contribution in [0.1, 0.15) is 5.82 Å². The van der Waals surface area contributed by atoms with Crippen LogP contribution in [0.3, 0.4) is 0 Å². The van der Waals surface area contributed by atoms with E-state index in [0.29, 0.717) is 5.82 Å². The summed E-state index contributed by atoms with van der Waals surface area (Å²) in [6.07, 6.45) is 5.58. The fourth-order valence-corrected chi connectivity index (χ4v) is 1.09. The molecule has 0 aliphatic heterocycles. The Hall–Kier alpha value is -1.91. The lowest BCUT2D eigenvalue weighted by atomic mass is 10.3. The lowest BCUT2D eigenvalue weighted by molar-refractivity contribution is 0.410. The number of nitrogens with one attached hydrogen (secondary N) is 1. The molecule has 0 aliphatic rings. The molecule has 0 aliphatic carbocycles. The highest BCUT2D eigenvalue weighted by molar-refractivity contribution is 5.40. The first-order valence-corrected chi connectivity index (χ1v) is 4.34. The molecule has 2 aromatic rings. The second-order valence-corrected chi connectivity index (χ2v) is 2.76. The Morgan fingerprint density at radius 3 is 2.86 bits per heavy atom. The van der Waals surface area contributed by atoms with E-state index in [1.807, 2.05) is 12.1 Å². The van der Waals surface area contributed by atoms with Gasteiger partial charge in [-0.3, -0.25) is 4.98 Å². The summed E-state index contributed by atoms with van der Waals surface area (Å²) in [4.78, 5) is 7.84. The van der Waals surface area contributed by atoms with Crippen LogP contribution in [0.5, 0.6) is 0 Å². The zero-order valence-corrected chi connectivity index (χ0v) is 7.55. The largest absolute Gasteiger partial charge is 0.385 e.